The molecular weight excluding hydrogens is 332 g/mol. The Bertz CT molecular complexity index is 668. The van der Waals surface area contributed by atoms with Crippen LogP contribution < -0.4 is 10.1 Å². The van der Waals surface area contributed by atoms with Crippen molar-refractivity contribution in [3.8, 4) is 5.88 Å². The van der Waals surface area contributed by atoms with E-state index in [1.165, 1.54) is 36.9 Å². The van der Waals surface area contributed by atoms with Crippen LogP contribution in [0.3, 0.4) is 0 Å². The second-order valence-corrected chi connectivity index (χ2v) is 4.63. The maximum absolute atomic E-state index is 12.7. The van der Waals surface area contributed by atoms with Crippen molar-refractivity contribution in [2.24, 2.45) is 0 Å². The van der Waals surface area contributed by atoms with Crippen molar-refractivity contribution in [3.63, 3.8) is 0 Å². The highest BCUT2D eigenvalue weighted by Gasteiger charge is 2.41. The molecule has 0 fully saturated rings. The highest BCUT2D eigenvalue weighted by Crippen LogP contribution is 2.23. The molecule has 10 heteroatoms. The van der Waals surface area contributed by atoms with E-state index >= 15 is 0 Å². The van der Waals surface area contributed by atoms with Gasteiger partial charge in [-0.25, -0.2) is 23.7 Å². The Hall–Kier alpha value is -2.78. The van der Waals surface area contributed by atoms with Crippen LogP contribution in [-0.2, 0) is 6.54 Å². The molecule has 2 heterocycles. The Kier molecular flexibility index (Phi) is 5.61. The summed E-state index contributed by atoms with van der Waals surface area (Å²) in [6.07, 6.45) is 0.118. The van der Waals surface area contributed by atoms with E-state index < -0.39 is 24.9 Å². The van der Waals surface area contributed by atoms with Crippen LogP contribution in [0.15, 0.2) is 36.9 Å². The van der Waals surface area contributed by atoms with Crippen molar-refractivity contribution in [1.82, 2.24) is 20.3 Å². The molecule has 0 aliphatic carbocycles. The van der Waals surface area contributed by atoms with Crippen molar-refractivity contribution < 1.29 is 27.1 Å². The van der Waals surface area contributed by atoms with E-state index in [9.17, 15) is 22.4 Å². The van der Waals surface area contributed by atoms with Gasteiger partial charge < -0.3 is 10.1 Å². The summed E-state index contributed by atoms with van der Waals surface area (Å²) >= 11 is 0. The third kappa shape index (κ3) is 4.86. The van der Waals surface area contributed by atoms with Gasteiger partial charge in [0.2, 0.25) is 5.88 Å². The van der Waals surface area contributed by atoms with Crippen LogP contribution >= 0.6 is 0 Å². The lowest BCUT2D eigenvalue weighted by molar-refractivity contribution is -0.148. The molecule has 0 saturated carbocycles. The number of carbonyl (C=O) groups excluding carboxylic acids is 1. The minimum absolute atomic E-state index is 0.114. The van der Waals surface area contributed by atoms with Crippen molar-refractivity contribution >= 4 is 5.91 Å². The first-order valence-corrected chi connectivity index (χ1v) is 6.66. The summed E-state index contributed by atoms with van der Waals surface area (Å²) in [6, 6.07) is 4.14. The predicted molar refractivity (Wildman–Crippen MR) is 73.9 cm³/mol. The Labute approximate surface area is 133 Å². The van der Waals surface area contributed by atoms with Crippen LogP contribution in [0.2, 0.25) is 0 Å². The summed E-state index contributed by atoms with van der Waals surface area (Å²) in [4.78, 5) is 22.9. The zero-order valence-corrected chi connectivity index (χ0v) is 12.1. The minimum atomic E-state index is -4.24. The topological polar surface area (TPSA) is 77.0 Å². The molecule has 1 amide bonds. The first kappa shape index (κ1) is 17.6. The molecule has 0 bridgehead atoms. The zero-order valence-electron chi connectivity index (χ0n) is 12.1. The number of nitrogens with one attached hydrogen (secondary N) is 1. The van der Waals surface area contributed by atoms with Crippen molar-refractivity contribution in [2.45, 2.75) is 18.9 Å². The molecule has 6 nitrogen and oxygen atoms in total. The average Bonchev–Trinajstić information content (AvgIpc) is 2.59. The molecule has 2 aromatic rings. The molecule has 0 saturated heterocycles. The summed E-state index contributed by atoms with van der Waals surface area (Å²) in [5.74, 6) is -4.89. The maximum Gasteiger partial charge on any atom is 0.340 e. The lowest BCUT2D eigenvalue weighted by atomic mass is 10.2. The van der Waals surface area contributed by atoms with Gasteiger partial charge in [-0.05, 0) is 11.6 Å². The number of nitrogens with zero attached hydrogens (tertiary/aromatic N) is 3. The summed E-state index contributed by atoms with van der Waals surface area (Å²) < 4.78 is 54.0. The number of halogens is 4. The molecule has 0 radical (unpaired) electrons. The smallest absolute Gasteiger partial charge is 0.340 e. The molecular formula is C14H12F4N4O2. The predicted octanol–water partition coefficient (Wildman–Crippen LogP) is 2.08. The lowest BCUT2D eigenvalue weighted by Crippen LogP contribution is -2.33. The van der Waals surface area contributed by atoms with Gasteiger partial charge in [-0.3, -0.25) is 4.79 Å². The Balaban J connectivity index is 1.85. The van der Waals surface area contributed by atoms with E-state index in [2.05, 4.69) is 25.0 Å². The highest BCUT2D eigenvalue weighted by atomic mass is 19.3. The minimum Gasteiger partial charge on any atom is -0.471 e. The van der Waals surface area contributed by atoms with Crippen LogP contribution in [0.1, 0.15) is 16.1 Å². The summed E-state index contributed by atoms with van der Waals surface area (Å²) in [5, 5.41) is 2.58. The van der Waals surface area contributed by atoms with E-state index in [0.29, 0.717) is 5.56 Å². The molecule has 2 aromatic heterocycles. The summed E-state index contributed by atoms with van der Waals surface area (Å²) in [6.45, 7) is -1.36. The number of ether oxygens (including phenoxy) is 1. The number of amides is 1. The van der Waals surface area contributed by atoms with E-state index in [0.717, 1.165) is 0 Å². The third-order valence-electron chi connectivity index (χ3n) is 2.80. The summed E-state index contributed by atoms with van der Waals surface area (Å²) in [5.41, 5.74) is 0.748. The van der Waals surface area contributed by atoms with Crippen molar-refractivity contribution in [2.75, 3.05) is 6.61 Å². The fourth-order valence-electron chi connectivity index (χ4n) is 1.53. The van der Waals surface area contributed by atoms with Gasteiger partial charge in [0.05, 0.1) is 0 Å². The molecule has 128 valence electrons. The Morgan fingerprint density at radius 2 is 2.04 bits per heavy atom. The molecule has 0 atom stereocenters. The first-order chi connectivity index (χ1) is 11.4. The van der Waals surface area contributed by atoms with Gasteiger partial charge in [0, 0.05) is 25.0 Å². The molecule has 0 aliphatic rings. The number of rotatable bonds is 7. The lowest BCUT2D eigenvalue weighted by Gasteiger charge is -2.15. The average molecular weight is 344 g/mol. The van der Waals surface area contributed by atoms with Gasteiger partial charge in [0.15, 0.2) is 6.61 Å². The Morgan fingerprint density at radius 3 is 2.62 bits per heavy atom. The number of aromatic nitrogens is 3. The van der Waals surface area contributed by atoms with Crippen LogP contribution in [0.5, 0.6) is 5.88 Å². The van der Waals surface area contributed by atoms with E-state index in [1.54, 1.807) is 0 Å². The van der Waals surface area contributed by atoms with Crippen LogP contribution in [0.4, 0.5) is 17.6 Å². The van der Waals surface area contributed by atoms with Gasteiger partial charge in [0.25, 0.3) is 5.91 Å². The monoisotopic (exact) mass is 344 g/mol. The molecule has 2 rings (SSSR count). The number of alkyl halides is 4. The second-order valence-electron chi connectivity index (χ2n) is 4.63. The number of hydrogen-bond acceptors (Lipinski definition) is 5. The Morgan fingerprint density at radius 1 is 1.25 bits per heavy atom. The molecule has 0 unspecified atom stereocenters. The standard InChI is InChI=1S/C14H12F4N4O2/c15-13(16)14(17,18)7-24-11-2-1-9(5-20-11)6-21-12(23)10-3-4-19-8-22-10/h1-5,8,13H,6-7H2,(H,21,23). The number of pyridine rings is 1. The normalized spacial score (nSPS) is 11.4. The van der Waals surface area contributed by atoms with Crippen molar-refractivity contribution in [1.29, 1.82) is 0 Å². The molecule has 1 N–H and O–H groups in total. The number of hydrogen-bond donors (Lipinski definition) is 1. The maximum atomic E-state index is 12.7. The van der Waals surface area contributed by atoms with Gasteiger partial charge >= 0.3 is 12.3 Å². The third-order valence-corrected chi connectivity index (χ3v) is 2.80. The molecule has 24 heavy (non-hydrogen) atoms. The largest absolute Gasteiger partial charge is 0.471 e. The molecule has 0 aliphatic heterocycles. The summed E-state index contributed by atoms with van der Waals surface area (Å²) in [7, 11) is 0. The van der Waals surface area contributed by atoms with Crippen LogP contribution in [0, 0.1) is 0 Å². The molecule has 0 aromatic carbocycles. The van der Waals surface area contributed by atoms with Crippen molar-refractivity contribution in [3.05, 3.63) is 48.2 Å². The first-order valence-electron chi connectivity index (χ1n) is 6.66. The molecule has 0 spiro atoms. The van der Waals surface area contributed by atoms with E-state index in [4.69, 9.17) is 0 Å². The van der Waals surface area contributed by atoms with Crippen LogP contribution in [-0.4, -0.2) is 39.8 Å². The SMILES string of the molecule is O=C(NCc1ccc(OCC(F)(F)C(F)F)nc1)c1ccncn1. The van der Waals surface area contributed by atoms with Crippen LogP contribution in [0.25, 0.3) is 0 Å². The fraction of sp³-hybridized carbons (Fsp3) is 0.286. The number of carbonyl (C=O) groups is 1. The highest BCUT2D eigenvalue weighted by molar-refractivity contribution is 5.91. The van der Waals surface area contributed by atoms with Gasteiger partial charge in [-0.1, -0.05) is 6.07 Å². The van der Waals surface area contributed by atoms with E-state index in [1.807, 2.05) is 0 Å². The fourth-order valence-corrected chi connectivity index (χ4v) is 1.53. The zero-order chi connectivity index (χ0) is 17.6. The second kappa shape index (κ2) is 7.66. The van der Waals surface area contributed by atoms with Gasteiger partial charge in [-0.2, -0.15) is 8.78 Å². The quantitative estimate of drug-likeness (QED) is 0.778. The van der Waals surface area contributed by atoms with Gasteiger partial charge in [-0.15, -0.1) is 0 Å². The van der Waals surface area contributed by atoms with Gasteiger partial charge in [0.1, 0.15) is 12.0 Å². The van der Waals surface area contributed by atoms with E-state index in [-0.39, 0.29) is 18.1 Å².